The molecule has 1 unspecified atom stereocenters. The van der Waals surface area contributed by atoms with E-state index in [1.807, 2.05) is 52.4 Å². The van der Waals surface area contributed by atoms with Crippen molar-refractivity contribution in [2.75, 3.05) is 18.4 Å². The van der Waals surface area contributed by atoms with Crippen LogP contribution in [0.2, 0.25) is 0 Å². The van der Waals surface area contributed by atoms with Gasteiger partial charge in [-0.2, -0.15) is 5.10 Å². The number of hydrogen-bond acceptors (Lipinski definition) is 4. The number of nitrogens with zero attached hydrogens (tertiary/aromatic N) is 3. The van der Waals surface area contributed by atoms with Gasteiger partial charge in [0.15, 0.2) is 0 Å². The predicted molar refractivity (Wildman–Crippen MR) is 116 cm³/mol. The van der Waals surface area contributed by atoms with Gasteiger partial charge in [0.1, 0.15) is 5.82 Å². The van der Waals surface area contributed by atoms with Gasteiger partial charge in [-0.05, 0) is 36.2 Å². The number of likely N-dealkylation sites (tertiary alicyclic amines) is 1. The second kappa shape index (κ2) is 8.19. The van der Waals surface area contributed by atoms with Crippen molar-refractivity contribution in [3.8, 4) is 0 Å². The number of para-hydroxylation sites is 1. The SMILES string of the molecule is C=C(Nc1ccccc1)N1CC(N2CCCC2=O)C(Cc2ccc(Br)cc2)=N1. The van der Waals surface area contributed by atoms with Gasteiger partial charge < -0.3 is 10.2 Å². The Balaban J connectivity index is 1.54. The molecule has 1 fully saturated rings. The second-order valence-corrected chi connectivity index (χ2v) is 8.04. The monoisotopic (exact) mass is 438 g/mol. The lowest BCUT2D eigenvalue weighted by Gasteiger charge is -2.26. The Morgan fingerprint density at radius 1 is 1.18 bits per heavy atom. The maximum atomic E-state index is 12.4. The van der Waals surface area contributed by atoms with Crippen LogP contribution in [0.4, 0.5) is 5.69 Å². The fourth-order valence-electron chi connectivity index (χ4n) is 3.70. The van der Waals surface area contributed by atoms with E-state index in [2.05, 4.69) is 40.0 Å². The zero-order valence-corrected chi connectivity index (χ0v) is 17.2. The van der Waals surface area contributed by atoms with Gasteiger partial charge in [-0.25, -0.2) is 5.01 Å². The van der Waals surface area contributed by atoms with Gasteiger partial charge in [0.2, 0.25) is 5.91 Å². The van der Waals surface area contributed by atoms with Crippen LogP contribution in [0.25, 0.3) is 0 Å². The van der Waals surface area contributed by atoms with E-state index >= 15 is 0 Å². The number of hydrogen-bond donors (Lipinski definition) is 1. The quantitative estimate of drug-likeness (QED) is 0.733. The Morgan fingerprint density at radius 2 is 1.93 bits per heavy atom. The highest BCUT2D eigenvalue weighted by Crippen LogP contribution is 2.25. The van der Waals surface area contributed by atoms with Crippen molar-refractivity contribution >= 4 is 33.2 Å². The highest BCUT2D eigenvalue weighted by atomic mass is 79.9. The van der Waals surface area contributed by atoms with Crippen LogP contribution in [0, 0.1) is 0 Å². The van der Waals surface area contributed by atoms with Crippen LogP contribution in [0.15, 0.2) is 76.6 Å². The Morgan fingerprint density at radius 3 is 2.61 bits per heavy atom. The van der Waals surface area contributed by atoms with Crippen LogP contribution in [-0.2, 0) is 11.2 Å². The van der Waals surface area contributed by atoms with Crippen molar-refractivity contribution in [3.05, 3.63) is 77.0 Å². The molecule has 0 radical (unpaired) electrons. The first-order valence-electron chi connectivity index (χ1n) is 9.50. The molecule has 28 heavy (non-hydrogen) atoms. The molecule has 1 saturated heterocycles. The van der Waals surface area contributed by atoms with Gasteiger partial charge in [-0.3, -0.25) is 4.79 Å². The summed E-state index contributed by atoms with van der Waals surface area (Å²) in [6.45, 7) is 5.60. The second-order valence-electron chi connectivity index (χ2n) is 7.12. The molecule has 0 aliphatic carbocycles. The summed E-state index contributed by atoms with van der Waals surface area (Å²) in [6, 6.07) is 18.2. The van der Waals surface area contributed by atoms with E-state index in [0.29, 0.717) is 18.8 Å². The first-order chi connectivity index (χ1) is 13.6. The number of rotatable bonds is 6. The lowest BCUT2D eigenvalue weighted by molar-refractivity contribution is -0.128. The minimum absolute atomic E-state index is 0.00651. The normalized spacial score (nSPS) is 19.1. The van der Waals surface area contributed by atoms with Crippen molar-refractivity contribution in [1.29, 1.82) is 0 Å². The number of carbonyl (C=O) groups is 1. The van der Waals surface area contributed by atoms with Crippen molar-refractivity contribution in [2.45, 2.75) is 25.3 Å². The molecule has 0 saturated carbocycles. The molecule has 6 heteroatoms. The zero-order chi connectivity index (χ0) is 19.5. The molecular formula is C22H23BrN4O. The molecule has 0 aromatic heterocycles. The van der Waals surface area contributed by atoms with Gasteiger partial charge in [0, 0.05) is 29.5 Å². The van der Waals surface area contributed by atoms with Gasteiger partial charge >= 0.3 is 0 Å². The minimum atomic E-state index is -0.00651. The first-order valence-corrected chi connectivity index (χ1v) is 10.3. The van der Waals surface area contributed by atoms with Crippen LogP contribution in [-0.4, -0.2) is 40.7 Å². The van der Waals surface area contributed by atoms with Crippen LogP contribution in [0.1, 0.15) is 18.4 Å². The molecule has 2 aliphatic heterocycles. The van der Waals surface area contributed by atoms with Gasteiger partial charge in [-0.1, -0.05) is 52.8 Å². The van der Waals surface area contributed by atoms with Crippen molar-refractivity contribution in [1.82, 2.24) is 9.91 Å². The van der Waals surface area contributed by atoms with Gasteiger partial charge in [0.25, 0.3) is 0 Å². The molecule has 1 N–H and O–H groups in total. The smallest absolute Gasteiger partial charge is 0.223 e. The van der Waals surface area contributed by atoms with Crippen molar-refractivity contribution in [3.63, 3.8) is 0 Å². The van der Waals surface area contributed by atoms with Crippen LogP contribution < -0.4 is 5.32 Å². The van der Waals surface area contributed by atoms with Gasteiger partial charge in [0.05, 0.1) is 18.3 Å². The molecule has 2 heterocycles. The Hall–Kier alpha value is -2.60. The minimum Gasteiger partial charge on any atom is -0.341 e. The number of halogens is 1. The Labute approximate surface area is 173 Å². The average molecular weight is 439 g/mol. The molecular weight excluding hydrogens is 416 g/mol. The Kier molecular flexibility index (Phi) is 5.48. The number of nitrogens with one attached hydrogen (secondary N) is 1. The van der Waals surface area contributed by atoms with Crippen molar-refractivity contribution < 1.29 is 4.79 Å². The van der Waals surface area contributed by atoms with E-state index in [1.165, 1.54) is 5.56 Å². The summed E-state index contributed by atoms with van der Waals surface area (Å²) in [5.41, 5.74) is 3.16. The molecule has 0 spiro atoms. The third-order valence-electron chi connectivity index (χ3n) is 5.14. The summed E-state index contributed by atoms with van der Waals surface area (Å²) < 4.78 is 1.05. The maximum Gasteiger partial charge on any atom is 0.223 e. The summed E-state index contributed by atoms with van der Waals surface area (Å²) >= 11 is 3.48. The lowest BCUT2D eigenvalue weighted by atomic mass is 10.0. The number of anilines is 1. The largest absolute Gasteiger partial charge is 0.341 e. The molecule has 1 atom stereocenters. The van der Waals surface area contributed by atoms with E-state index < -0.39 is 0 Å². The number of benzene rings is 2. The van der Waals surface area contributed by atoms with E-state index in [4.69, 9.17) is 5.10 Å². The van der Waals surface area contributed by atoms with Crippen LogP contribution >= 0.6 is 15.9 Å². The average Bonchev–Trinajstić information content (AvgIpc) is 3.30. The summed E-state index contributed by atoms with van der Waals surface area (Å²) in [4.78, 5) is 14.4. The number of amides is 1. The lowest BCUT2D eigenvalue weighted by Crippen LogP contribution is -2.44. The van der Waals surface area contributed by atoms with E-state index in [-0.39, 0.29) is 11.9 Å². The maximum absolute atomic E-state index is 12.4. The summed E-state index contributed by atoms with van der Waals surface area (Å²) in [7, 11) is 0. The van der Waals surface area contributed by atoms with Gasteiger partial charge in [-0.15, -0.1) is 0 Å². The highest BCUT2D eigenvalue weighted by Gasteiger charge is 2.37. The van der Waals surface area contributed by atoms with E-state index in [1.54, 1.807) is 0 Å². The number of hydrazone groups is 1. The van der Waals surface area contributed by atoms with E-state index in [9.17, 15) is 4.79 Å². The molecule has 0 bridgehead atoms. The molecule has 5 nitrogen and oxygen atoms in total. The molecule has 2 aromatic carbocycles. The van der Waals surface area contributed by atoms with Crippen molar-refractivity contribution in [2.24, 2.45) is 5.10 Å². The molecule has 2 aromatic rings. The first kappa shape index (κ1) is 18.7. The standard InChI is InChI=1S/C22H23BrN4O/c1-16(24-19-6-3-2-4-7-19)27-15-21(26-13-5-8-22(26)28)20(25-27)14-17-9-11-18(23)12-10-17/h2-4,6-7,9-12,21,24H,1,5,8,13-15H2. The molecule has 144 valence electrons. The third-order valence-corrected chi connectivity index (χ3v) is 5.67. The number of carbonyl (C=O) groups excluding carboxylic acids is 1. The molecule has 4 rings (SSSR count). The van der Waals surface area contributed by atoms with E-state index in [0.717, 1.165) is 35.3 Å². The summed E-state index contributed by atoms with van der Waals surface area (Å²) in [5, 5.41) is 10.0. The third kappa shape index (κ3) is 4.12. The summed E-state index contributed by atoms with van der Waals surface area (Å²) in [6.07, 6.45) is 2.27. The van der Waals surface area contributed by atoms with Crippen LogP contribution in [0.5, 0.6) is 0 Å². The fourth-order valence-corrected chi connectivity index (χ4v) is 3.96. The molecule has 2 aliphatic rings. The topological polar surface area (TPSA) is 47.9 Å². The summed E-state index contributed by atoms with van der Waals surface area (Å²) in [5.74, 6) is 0.936. The Bertz CT molecular complexity index is 895. The zero-order valence-electron chi connectivity index (χ0n) is 15.6. The molecule has 1 amide bonds. The van der Waals surface area contributed by atoms with Crippen LogP contribution in [0.3, 0.4) is 0 Å². The highest BCUT2D eigenvalue weighted by molar-refractivity contribution is 9.10. The predicted octanol–water partition coefficient (Wildman–Crippen LogP) is 4.24. The fraction of sp³-hybridized carbons (Fsp3) is 0.273.